The fraction of sp³-hybridized carbons (Fsp3) is 0.778. The van der Waals surface area contributed by atoms with E-state index < -0.39 is 0 Å². The Labute approximate surface area is 175 Å². The van der Waals surface area contributed by atoms with E-state index in [4.69, 9.17) is 4.52 Å². The zero-order valence-electron chi connectivity index (χ0n) is 16.7. The molecule has 26 heavy (non-hydrogen) atoms. The van der Waals surface area contributed by atoms with E-state index in [2.05, 4.69) is 51.4 Å². The highest BCUT2D eigenvalue weighted by Crippen LogP contribution is 2.15. The number of guanidine groups is 1. The number of likely N-dealkylation sites (N-methyl/N-ethyl adjacent to an activating group) is 1. The van der Waals surface area contributed by atoms with Gasteiger partial charge in [-0.2, -0.15) is 0 Å². The summed E-state index contributed by atoms with van der Waals surface area (Å²) in [4.78, 5) is 9.33. The molecule has 2 heterocycles. The largest absolute Gasteiger partial charge is 0.361 e. The molecule has 0 spiro atoms. The van der Waals surface area contributed by atoms with Crippen LogP contribution < -0.4 is 10.6 Å². The van der Waals surface area contributed by atoms with Crippen molar-refractivity contribution in [3.63, 3.8) is 0 Å². The van der Waals surface area contributed by atoms with Gasteiger partial charge in [0.1, 0.15) is 5.76 Å². The van der Waals surface area contributed by atoms with Gasteiger partial charge in [0.15, 0.2) is 5.96 Å². The van der Waals surface area contributed by atoms with Gasteiger partial charge >= 0.3 is 0 Å². The molecule has 1 fully saturated rings. The Kier molecular flexibility index (Phi) is 11.1. The summed E-state index contributed by atoms with van der Waals surface area (Å²) < 4.78 is 5.42. The van der Waals surface area contributed by atoms with Gasteiger partial charge in [-0.05, 0) is 13.0 Å². The number of halogens is 1. The Bertz CT molecular complexity index is 518. The summed E-state index contributed by atoms with van der Waals surface area (Å²) in [5.74, 6) is 1.80. The molecule has 0 amide bonds. The van der Waals surface area contributed by atoms with Crippen molar-refractivity contribution >= 4 is 29.9 Å². The number of hydrogen-bond acceptors (Lipinski definition) is 5. The van der Waals surface area contributed by atoms with E-state index in [1.165, 1.54) is 18.7 Å². The number of aromatic nitrogens is 1. The Morgan fingerprint density at radius 2 is 1.77 bits per heavy atom. The maximum absolute atomic E-state index is 5.42. The molecule has 0 saturated carbocycles. The molecular weight excluding hydrogens is 443 g/mol. The van der Waals surface area contributed by atoms with Crippen molar-refractivity contribution in [2.75, 3.05) is 52.9 Å². The summed E-state index contributed by atoms with van der Waals surface area (Å²) in [5, 5.41) is 11.0. The van der Waals surface area contributed by atoms with Crippen molar-refractivity contribution in [3.05, 3.63) is 17.0 Å². The van der Waals surface area contributed by atoms with Crippen LogP contribution in [0.1, 0.15) is 37.8 Å². The molecule has 8 heteroatoms. The third-order valence-electron chi connectivity index (χ3n) is 4.90. The smallest absolute Gasteiger partial charge is 0.191 e. The van der Waals surface area contributed by atoms with Crippen LogP contribution >= 0.6 is 24.0 Å². The van der Waals surface area contributed by atoms with Crippen LogP contribution in [0, 0.1) is 0 Å². The maximum Gasteiger partial charge on any atom is 0.191 e. The summed E-state index contributed by atoms with van der Waals surface area (Å²) in [6.07, 6.45) is 1.75. The number of piperazine rings is 1. The molecule has 0 aliphatic carbocycles. The van der Waals surface area contributed by atoms with E-state index in [-0.39, 0.29) is 24.0 Å². The second-order valence-electron chi connectivity index (χ2n) is 6.37. The first kappa shape index (κ1) is 23.2. The zero-order chi connectivity index (χ0) is 18.1. The molecular formula is C18H35IN6O. The van der Waals surface area contributed by atoms with Crippen molar-refractivity contribution in [1.82, 2.24) is 25.6 Å². The summed E-state index contributed by atoms with van der Waals surface area (Å²) in [5.41, 5.74) is 2.21. The number of rotatable bonds is 8. The number of aryl methyl sites for hydroxylation is 2. The number of hydrogen-bond donors (Lipinski definition) is 2. The van der Waals surface area contributed by atoms with Crippen molar-refractivity contribution in [2.24, 2.45) is 4.99 Å². The number of nitrogens with zero attached hydrogens (tertiary/aromatic N) is 4. The SMILES string of the molecule is CCc1noc(CC)c1CNC(=NC)NCCN1CCN(CC)CC1.I. The highest BCUT2D eigenvalue weighted by molar-refractivity contribution is 14.0. The number of nitrogens with one attached hydrogen (secondary N) is 2. The van der Waals surface area contributed by atoms with Gasteiger partial charge in [0, 0.05) is 64.8 Å². The maximum atomic E-state index is 5.42. The van der Waals surface area contributed by atoms with Gasteiger partial charge < -0.3 is 20.1 Å². The molecule has 7 nitrogen and oxygen atoms in total. The zero-order valence-corrected chi connectivity index (χ0v) is 19.0. The molecule has 0 atom stereocenters. The van der Waals surface area contributed by atoms with Crippen LogP contribution in [0.15, 0.2) is 9.52 Å². The van der Waals surface area contributed by atoms with E-state index in [1.807, 2.05) is 7.05 Å². The van der Waals surface area contributed by atoms with Gasteiger partial charge in [0.2, 0.25) is 0 Å². The third kappa shape index (κ3) is 6.70. The minimum atomic E-state index is 0. The van der Waals surface area contributed by atoms with Crippen molar-refractivity contribution < 1.29 is 4.52 Å². The Morgan fingerprint density at radius 3 is 2.35 bits per heavy atom. The Balaban J connectivity index is 0.00000338. The normalized spacial score (nSPS) is 16.4. The van der Waals surface area contributed by atoms with Gasteiger partial charge in [-0.15, -0.1) is 24.0 Å². The molecule has 150 valence electrons. The number of aliphatic imine (C=N–C) groups is 1. The standard InChI is InChI=1S/C18H34N6O.HI/c1-5-16-15(17(6-2)25-22-16)14-21-18(19-4)20-8-9-24-12-10-23(7-3)11-13-24;/h5-14H2,1-4H3,(H2,19,20,21);1H. The molecule has 1 saturated heterocycles. The molecule has 0 bridgehead atoms. The fourth-order valence-corrected chi connectivity index (χ4v) is 3.19. The van der Waals surface area contributed by atoms with Gasteiger partial charge in [0.25, 0.3) is 0 Å². The summed E-state index contributed by atoms with van der Waals surface area (Å²) in [7, 11) is 1.81. The topological polar surface area (TPSA) is 68.9 Å². The van der Waals surface area contributed by atoms with Crippen molar-refractivity contribution in [1.29, 1.82) is 0 Å². The van der Waals surface area contributed by atoms with Gasteiger partial charge in [-0.3, -0.25) is 9.89 Å². The molecule has 2 rings (SSSR count). The second-order valence-corrected chi connectivity index (χ2v) is 6.37. The van der Waals surface area contributed by atoms with Crippen LogP contribution in [0.4, 0.5) is 0 Å². The molecule has 0 unspecified atom stereocenters. The molecule has 1 aliphatic rings. The fourth-order valence-electron chi connectivity index (χ4n) is 3.19. The Hall–Kier alpha value is -0.870. The van der Waals surface area contributed by atoms with Crippen molar-refractivity contribution in [3.8, 4) is 0 Å². The van der Waals surface area contributed by atoms with Crippen LogP contribution in [0.2, 0.25) is 0 Å². The average Bonchev–Trinajstić information content (AvgIpc) is 3.07. The van der Waals surface area contributed by atoms with E-state index >= 15 is 0 Å². The van der Waals surface area contributed by atoms with E-state index in [0.29, 0.717) is 6.54 Å². The van der Waals surface area contributed by atoms with Crippen LogP contribution in [-0.2, 0) is 19.4 Å². The highest BCUT2D eigenvalue weighted by Gasteiger charge is 2.15. The molecule has 1 aromatic heterocycles. The van der Waals surface area contributed by atoms with Crippen LogP contribution in [-0.4, -0.2) is 73.8 Å². The molecule has 1 aliphatic heterocycles. The lowest BCUT2D eigenvalue weighted by Crippen LogP contribution is -2.49. The van der Waals surface area contributed by atoms with Crippen LogP contribution in [0.25, 0.3) is 0 Å². The third-order valence-corrected chi connectivity index (χ3v) is 4.90. The van der Waals surface area contributed by atoms with E-state index in [0.717, 1.165) is 63.0 Å². The summed E-state index contributed by atoms with van der Waals surface area (Å²) in [6.45, 7) is 14.9. The highest BCUT2D eigenvalue weighted by atomic mass is 127. The van der Waals surface area contributed by atoms with Gasteiger partial charge in [0.05, 0.1) is 5.69 Å². The first-order valence-corrected chi connectivity index (χ1v) is 9.57. The minimum Gasteiger partial charge on any atom is -0.361 e. The van der Waals surface area contributed by atoms with Gasteiger partial charge in [-0.1, -0.05) is 25.9 Å². The Morgan fingerprint density at radius 1 is 1.08 bits per heavy atom. The lowest BCUT2D eigenvalue weighted by molar-refractivity contribution is 0.139. The summed E-state index contributed by atoms with van der Waals surface area (Å²) >= 11 is 0. The predicted molar refractivity (Wildman–Crippen MR) is 117 cm³/mol. The predicted octanol–water partition coefficient (Wildman–Crippen LogP) is 1.72. The minimum absolute atomic E-state index is 0. The van der Waals surface area contributed by atoms with Crippen molar-refractivity contribution in [2.45, 2.75) is 40.2 Å². The molecule has 0 radical (unpaired) electrons. The van der Waals surface area contributed by atoms with Crippen LogP contribution in [0.5, 0.6) is 0 Å². The summed E-state index contributed by atoms with van der Waals surface area (Å²) in [6, 6.07) is 0. The second kappa shape index (κ2) is 12.5. The lowest BCUT2D eigenvalue weighted by Gasteiger charge is -2.34. The van der Waals surface area contributed by atoms with E-state index in [1.54, 1.807) is 0 Å². The first-order chi connectivity index (χ1) is 12.2. The molecule has 0 aromatic carbocycles. The quantitative estimate of drug-likeness (QED) is 0.337. The molecule has 2 N–H and O–H groups in total. The average molecular weight is 478 g/mol. The van der Waals surface area contributed by atoms with Gasteiger partial charge in [-0.25, -0.2) is 0 Å². The monoisotopic (exact) mass is 478 g/mol. The lowest BCUT2D eigenvalue weighted by atomic mass is 10.1. The first-order valence-electron chi connectivity index (χ1n) is 9.57. The molecule has 1 aromatic rings. The van der Waals surface area contributed by atoms with E-state index in [9.17, 15) is 0 Å². The van der Waals surface area contributed by atoms with Crippen LogP contribution in [0.3, 0.4) is 0 Å².